The molecule has 9 nitrogen and oxygen atoms in total. The van der Waals surface area contributed by atoms with Crippen LogP contribution in [0.4, 0.5) is 0 Å². The van der Waals surface area contributed by atoms with E-state index in [2.05, 4.69) is 19.2 Å². The van der Waals surface area contributed by atoms with Gasteiger partial charge in [0.25, 0.3) is 0 Å². The molecule has 0 unspecified atom stereocenters. The Labute approximate surface area is 256 Å². The van der Waals surface area contributed by atoms with Gasteiger partial charge in [-0.1, -0.05) is 20.8 Å². The molecule has 0 aromatic heterocycles. The predicted octanol–water partition coefficient (Wildman–Crippen LogP) is 3.73. The van der Waals surface area contributed by atoms with E-state index in [0.717, 1.165) is 25.0 Å². The molecule has 41 heavy (non-hydrogen) atoms. The van der Waals surface area contributed by atoms with Gasteiger partial charge in [-0.05, 0) is 89.7 Å². The summed E-state index contributed by atoms with van der Waals surface area (Å²) in [5.41, 5.74) is 1.06. The lowest BCUT2D eigenvalue weighted by atomic mass is 9.45. The predicted molar refractivity (Wildman–Crippen MR) is 163 cm³/mol. The maximum absolute atomic E-state index is 13.6. The van der Waals surface area contributed by atoms with Crippen molar-refractivity contribution in [2.45, 2.75) is 77.5 Å². The molecule has 4 aliphatic carbocycles. The molecular formula is C31H43IN2O7. The Morgan fingerprint density at radius 3 is 2.63 bits per heavy atom. The van der Waals surface area contributed by atoms with E-state index in [-0.39, 0.29) is 36.8 Å². The number of ether oxygens (including phenoxy) is 2. The summed E-state index contributed by atoms with van der Waals surface area (Å²) < 4.78 is 12.4. The number of carbonyl (C=O) groups is 3. The minimum atomic E-state index is -1.11. The van der Waals surface area contributed by atoms with E-state index in [9.17, 15) is 24.6 Å². The van der Waals surface area contributed by atoms with Gasteiger partial charge in [0.2, 0.25) is 11.8 Å². The largest absolute Gasteiger partial charge is 0.493 e. The van der Waals surface area contributed by atoms with Crippen molar-refractivity contribution in [1.29, 1.82) is 0 Å². The number of rotatable bonds is 12. The third kappa shape index (κ3) is 6.59. The van der Waals surface area contributed by atoms with E-state index >= 15 is 0 Å². The van der Waals surface area contributed by atoms with Crippen LogP contribution in [-0.2, 0) is 9.59 Å². The smallest absolute Gasteiger partial charge is 0.247 e. The second kappa shape index (κ2) is 13.4. The van der Waals surface area contributed by atoms with Crippen LogP contribution in [0.5, 0.6) is 11.5 Å². The van der Waals surface area contributed by atoms with Gasteiger partial charge in [0, 0.05) is 37.1 Å². The number of carbonyl (C=O) groups excluding carboxylic acids is 3. The SMILES string of the molecule is CCCC(=O)N(C[C@@H]1CC[C@H]2C[C@@H]1C2(C)C)[C@@H]1CC(C(=O)NCCO)=C[C@H](Oc2c(I)cc(C=O)cc2OC)[C@H]1O. The number of hydrogen-bond donors (Lipinski definition) is 3. The van der Waals surface area contributed by atoms with Gasteiger partial charge < -0.3 is 29.9 Å². The molecule has 226 valence electrons. The average molecular weight is 683 g/mol. The summed E-state index contributed by atoms with van der Waals surface area (Å²) in [6, 6.07) is 2.55. The van der Waals surface area contributed by atoms with Gasteiger partial charge in [-0.3, -0.25) is 14.4 Å². The second-order valence-electron chi connectivity index (χ2n) is 12.2. The van der Waals surface area contributed by atoms with Crippen LogP contribution in [0, 0.1) is 26.7 Å². The molecule has 0 radical (unpaired) electrons. The lowest BCUT2D eigenvalue weighted by Gasteiger charge is -2.61. The molecule has 0 heterocycles. The van der Waals surface area contributed by atoms with E-state index in [1.165, 1.54) is 13.5 Å². The molecule has 3 fully saturated rings. The van der Waals surface area contributed by atoms with Crippen LogP contribution < -0.4 is 14.8 Å². The van der Waals surface area contributed by atoms with Crippen LogP contribution in [0.3, 0.4) is 0 Å². The van der Waals surface area contributed by atoms with Crippen molar-refractivity contribution < 1.29 is 34.1 Å². The maximum atomic E-state index is 13.6. The van der Waals surface area contributed by atoms with Crippen LogP contribution >= 0.6 is 22.6 Å². The third-order valence-corrected chi connectivity index (χ3v) is 10.3. The summed E-state index contributed by atoms with van der Waals surface area (Å²) in [4.78, 5) is 40.0. The maximum Gasteiger partial charge on any atom is 0.247 e. The van der Waals surface area contributed by atoms with Crippen molar-refractivity contribution in [3.63, 3.8) is 0 Å². The number of nitrogens with zero attached hydrogens (tertiary/aromatic N) is 1. The zero-order valence-electron chi connectivity index (χ0n) is 24.4. The quantitative estimate of drug-likeness (QED) is 0.227. The van der Waals surface area contributed by atoms with Crippen LogP contribution in [0.2, 0.25) is 0 Å². The van der Waals surface area contributed by atoms with Gasteiger partial charge >= 0.3 is 0 Å². The van der Waals surface area contributed by atoms with Gasteiger partial charge in [-0.2, -0.15) is 0 Å². The molecule has 0 aliphatic heterocycles. The van der Waals surface area contributed by atoms with Gasteiger partial charge in [0.1, 0.15) is 18.5 Å². The molecular weight excluding hydrogens is 639 g/mol. The van der Waals surface area contributed by atoms with Crippen LogP contribution in [0.1, 0.15) is 69.7 Å². The Hall–Kier alpha value is -2.18. The fourth-order valence-electron chi connectivity index (χ4n) is 7.05. The Morgan fingerprint density at radius 2 is 2.02 bits per heavy atom. The number of fused-ring (bicyclic) bond motifs is 2. The summed E-state index contributed by atoms with van der Waals surface area (Å²) >= 11 is 2.05. The van der Waals surface area contributed by atoms with Crippen molar-refractivity contribution in [1.82, 2.24) is 10.2 Å². The molecule has 1 aromatic rings. The highest BCUT2D eigenvalue weighted by Gasteiger charge is 2.55. The third-order valence-electron chi connectivity index (χ3n) is 9.47. The van der Waals surface area contributed by atoms with E-state index < -0.39 is 18.2 Å². The zero-order chi connectivity index (χ0) is 29.9. The fourth-order valence-corrected chi connectivity index (χ4v) is 7.80. The number of methoxy groups -OCH3 is 1. The summed E-state index contributed by atoms with van der Waals surface area (Å²) in [6.45, 7) is 7.04. The molecule has 2 bridgehead atoms. The first-order chi connectivity index (χ1) is 19.5. The van der Waals surface area contributed by atoms with Gasteiger partial charge in [0.15, 0.2) is 11.5 Å². The number of amides is 2. The van der Waals surface area contributed by atoms with Crippen molar-refractivity contribution in [2.24, 2.45) is 23.2 Å². The monoisotopic (exact) mass is 682 g/mol. The summed E-state index contributed by atoms with van der Waals surface area (Å²) in [5.74, 6) is 1.86. The van der Waals surface area contributed by atoms with Crippen molar-refractivity contribution in [3.05, 3.63) is 32.9 Å². The zero-order valence-corrected chi connectivity index (χ0v) is 26.6. The topological polar surface area (TPSA) is 125 Å². The molecule has 3 saturated carbocycles. The molecule has 4 aliphatic rings. The van der Waals surface area contributed by atoms with E-state index in [1.807, 2.05) is 34.4 Å². The lowest BCUT2D eigenvalue weighted by Crippen LogP contribution is -2.59. The van der Waals surface area contributed by atoms with Crippen molar-refractivity contribution in [2.75, 3.05) is 26.8 Å². The van der Waals surface area contributed by atoms with Crippen LogP contribution in [0.15, 0.2) is 23.8 Å². The lowest BCUT2D eigenvalue weighted by molar-refractivity contribution is -0.148. The first-order valence-corrected chi connectivity index (χ1v) is 15.7. The summed E-state index contributed by atoms with van der Waals surface area (Å²) in [6.07, 6.45) is 4.83. The molecule has 0 saturated heterocycles. The Balaban J connectivity index is 1.68. The Morgan fingerprint density at radius 1 is 1.27 bits per heavy atom. The molecule has 6 atom stereocenters. The van der Waals surface area contributed by atoms with Gasteiger partial charge in [-0.25, -0.2) is 0 Å². The normalized spacial score (nSPS) is 28.1. The van der Waals surface area contributed by atoms with E-state index in [1.54, 1.807) is 18.2 Å². The summed E-state index contributed by atoms with van der Waals surface area (Å²) in [5, 5.41) is 23.8. The number of aliphatic hydroxyl groups is 2. The number of benzene rings is 1. The fraction of sp³-hybridized carbons (Fsp3) is 0.645. The number of halogens is 1. The van der Waals surface area contributed by atoms with Crippen molar-refractivity contribution >= 4 is 40.7 Å². The molecule has 1 aromatic carbocycles. The standard InChI is InChI=1S/C31H43IN2O7/c1-5-6-27(37)34(16-19-7-8-21-15-22(19)31(21,2)3)24-13-20(30(39)33-9-10-35)14-25(28(24)38)41-29-23(32)11-18(17-36)12-26(29)40-4/h11-12,14,17,19,21-22,24-25,28,35,38H,5-10,13,15-16H2,1-4H3,(H,33,39)/t19-,21-,22-,24+,25-,28-/m0/s1. The number of nitrogens with one attached hydrogen (secondary N) is 1. The van der Waals surface area contributed by atoms with Crippen LogP contribution in [-0.4, -0.2) is 78.3 Å². The second-order valence-corrected chi connectivity index (χ2v) is 13.3. The molecule has 5 rings (SSSR count). The van der Waals surface area contributed by atoms with Crippen molar-refractivity contribution in [3.8, 4) is 11.5 Å². The van der Waals surface area contributed by atoms with Crippen LogP contribution in [0.25, 0.3) is 0 Å². The van der Waals surface area contributed by atoms with E-state index in [0.29, 0.717) is 57.4 Å². The highest BCUT2D eigenvalue weighted by molar-refractivity contribution is 14.1. The highest BCUT2D eigenvalue weighted by Crippen LogP contribution is 2.61. The highest BCUT2D eigenvalue weighted by atomic mass is 127. The minimum absolute atomic E-state index is 0.0333. The Kier molecular flexibility index (Phi) is 10.4. The molecule has 3 N–H and O–H groups in total. The number of hydrogen-bond acceptors (Lipinski definition) is 7. The van der Waals surface area contributed by atoms with E-state index in [4.69, 9.17) is 9.47 Å². The molecule has 2 amide bonds. The first-order valence-electron chi connectivity index (χ1n) is 14.6. The number of aliphatic hydroxyl groups excluding tert-OH is 2. The molecule has 0 spiro atoms. The minimum Gasteiger partial charge on any atom is -0.493 e. The Bertz CT molecular complexity index is 1170. The van der Waals surface area contributed by atoms with Gasteiger partial charge in [0.05, 0.1) is 23.3 Å². The summed E-state index contributed by atoms with van der Waals surface area (Å²) in [7, 11) is 1.47. The average Bonchev–Trinajstić information content (AvgIpc) is 2.96. The van der Waals surface area contributed by atoms with Gasteiger partial charge in [-0.15, -0.1) is 0 Å². The molecule has 10 heteroatoms. The first kappa shape index (κ1) is 31.7. The number of aldehydes is 1.